The first-order valence-electron chi connectivity index (χ1n) is 18.5. The van der Waals surface area contributed by atoms with Crippen LogP contribution < -0.4 is 9.47 Å². The van der Waals surface area contributed by atoms with Crippen molar-refractivity contribution in [3.05, 3.63) is 76.3 Å². The van der Waals surface area contributed by atoms with Crippen molar-refractivity contribution in [1.29, 1.82) is 0 Å². The first kappa shape index (κ1) is 43.0. The predicted molar refractivity (Wildman–Crippen MR) is 213 cm³/mol. The maximum atomic E-state index is 14.3. The fraction of sp³-hybridized carbons (Fsp3) is 0.143. The minimum absolute atomic E-state index is 0.217. The minimum Gasteiger partial charge on any atom is -0.507 e. The molecule has 6 aromatic rings. The molecule has 1 aromatic heterocycles. The van der Waals surface area contributed by atoms with Gasteiger partial charge < -0.3 is 95.5 Å². The molecule has 2 aliphatic heterocycles. The number of carboxylic acids is 1. The van der Waals surface area contributed by atoms with E-state index >= 15 is 0 Å². The van der Waals surface area contributed by atoms with Crippen molar-refractivity contribution in [1.82, 2.24) is 0 Å². The number of phenols is 10. The van der Waals surface area contributed by atoms with Gasteiger partial charge in [-0.25, -0.2) is 18.8 Å². The van der Waals surface area contributed by atoms with Gasteiger partial charge in [-0.05, 0) is 30.3 Å². The lowest BCUT2D eigenvalue weighted by Crippen LogP contribution is -2.50. The molecule has 8 rings (SSSR count). The lowest BCUT2D eigenvalue weighted by Gasteiger charge is -2.29. The van der Waals surface area contributed by atoms with Gasteiger partial charge in [-0.3, -0.25) is 0 Å². The van der Waals surface area contributed by atoms with Crippen LogP contribution in [0, 0.1) is 0 Å². The molecule has 0 aliphatic carbocycles. The number of aliphatic hydroxyl groups excluding tert-OH is 4. The number of phenolic OH excluding ortho intramolecular Hbond substituents is 10. The van der Waals surface area contributed by atoms with Crippen LogP contribution in [0.3, 0.4) is 0 Å². The van der Waals surface area contributed by atoms with E-state index in [2.05, 4.69) is 0 Å². The summed E-state index contributed by atoms with van der Waals surface area (Å²) < 4.78 is 28.6. The number of aliphatic hydroxyl groups is 4. The summed E-state index contributed by atoms with van der Waals surface area (Å²) in [5.41, 5.74) is -6.66. The third-order valence-electron chi connectivity index (χ3n) is 10.4. The molecule has 0 fully saturated rings. The third-order valence-corrected chi connectivity index (χ3v) is 10.4. The Morgan fingerprint density at radius 1 is 0.738 bits per heavy atom. The molecule has 0 radical (unpaired) electrons. The first-order valence-corrected chi connectivity index (χ1v) is 18.5. The van der Waals surface area contributed by atoms with E-state index in [1.165, 1.54) is 0 Å². The smallest absolute Gasteiger partial charge is 0.407 e. The summed E-state index contributed by atoms with van der Waals surface area (Å²) in [6.07, 6.45) is -8.95. The highest BCUT2D eigenvalue weighted by Crippen LogP contribution is 2.56. The van der Waals surface area contributed by atoms with Crippen LogP contribution >= 0.6 is 0 Å². The Balaban J connectivity index is 1.48. The van der Waals surface area contributed by atoms with Gasteiger partial charge in [0.1, 0.15) is 47.2 Å². The summed E-state index contributed by atoms with van der Waals surface area (Å²) in [6.45, 7) is -2.31. The number of carboxylic acid groups (broad SMARTS) is 1. The number of carbonyl (C=O) groups is 3. The van der Waals surface area contributed by atoms with Crippen LogP contribution in [0.5, 0.6) is 69.0 Å². The fourth-order valence-corrected chi connectivity index (χ4v) is 7.34. The Kier molecular flexibility index (Phi) is 10.3. The van der Waals surface area contributed by atoms with E-state index in [1.807, 2.05) is 0 Å². The van der Waals surface area contributed by atoms with Crippen LogP contribution in [0.1, 0.15) is 42.2 Å². The minimum atomic E-state index is -2.33. The standard InChI is InChI=1S/C42H30O23/c43-9-20(49)32(53)37-21(50)10-61-41(59)14-7-18(47)30(51)34(55)25(14)26-15(42(60)65-37)8-24(33(54)35(26)56)64-39-29-27-13(40(57)58)6-19(48)31(52)38(27)63-23-5-12(44)4-22(28(23)29)62-36(39)11-1-2-16(45)17(46)3-11/h1-8,20-21,32,37,43,49-50,53H,9-10H2,(H10-,44,45,46,47,48,51,52,54,55,56,57,58,59,60)/p+1/t20-,21+,32+,37+/m0/s1. The maximum absolute atomic E-state index is 14.3. The van der Waals surface area contributed by atoms with E-state index in [1.54, 1.807) is 0 Å². The van der Waals surface area contributed by atoms with Crippen molar-refractivity contribution in [3.63, 3.8) is 0 Å². The molecule has 65 heavy (non-hydrogen) atoms. The van der Waals surface area contributed by atoms with Crippen LogP contribution in [-0.4, -0.2) is 132 Å². The second-order valence-electron chi connectivity index (χ2n) is 14.4. The number of aromatic carboxylic acids is 1. The molecule has 0 spiro atoms. The number of hydrogen-bond donors (Lipinski definition) is 15. The first-order chi connectivity index (χ1) is 30.7. The van der Waals surface area contributed by atoms with Crippen LogP contribution in [0.4, 0.5) is 0 Å². The molecule has 2 aliphatic rings. The predicted octanol–water partition coefficient (Wildman–Crippen LogP) is 2.36. The summed E-state index contributed by atoms with van der Waals surface area (Å²) in [7, 11) is 0. The molecular weight excluding hydrogens is 872 g/mol. The normalized spacial score (nSPS) is 17.0. The van der Waals surface area contributed by atoms with E-state index in [4.69, 9.17) is 23.4 Å². The zero-order valence-electron chi connectivity index (χ0n) is 32.3. The zero-order valence-corrected chi connectivity index (χ0v) is 32.3. The van der Waals surface area contributed by atoms with Crippen molar-refractivity contribution in [3.8, 4) is 80.1 Å². The van der Waals surface area contributed by atoms with Gasteiger partial charge in [0, 0.05) is 28.8 Å². The molecule has 4 atom stereocenters. The van der Waals surface area contributed by atoms with E-state index in [9.17, 15) is 91.0 Å². The second-order valence-corrected chi connectivity index (χ2v) is 14.4. The lowest BCUT2D eigenvalue weighted by atomic mass is 9.91. The van der Waals surface area contributed by atoms with Crippen molar-refractivity contribution in [2.75, 3.05) is 13.2 Å². The summed E-state index contributed by atoms with van der Waals surface area (Å²) in [5.74, 6) is -18.5. The number of benzene rings is 5. The number of carbonyl (C=O) groups excluding carboxylic acids is 2. The lowest BCUT2D eigenvalue weighted by molar-refractivity contribution is -0.129. The molecule has 23 heteroatoms. The number of hydrogen-bond acceptors (Lipinski definition) is 21. The average Bonchev–Trinajstić information content (AvgIpc) is 3.28. The van der Waals surface area contributed by atoms with Gasteiger partial charge in [0.05, 0.1) is 34.9 Å². The number of ether oxygens (including phenoxy) is 4. The van der Waals surface area contributed by atoms with Crippen molar-refractivity contribution in [2.45, 2.75) is 24.4 Å². The topological polar surface area (TPSA) is 403 Å². The Bertz CT molecular complexity index is 3100. The van der Waals surface area contributed by atoms with E-state index in [0.717, 1.165) is 30.3 Å². The van der Waals surface area contributed by atoms with Gasteiger partial charge >= 0.3 is 29.1 Å². The molecule has 0 saturated carbocycles. The highest BCUT2D eigenvalue weighted by molar-refractivity contribution is 6.18. The fourth-order valence-electron chi connectivity index (χ4n) is 7.34. The van der Waals surface area contributed by atoms with E-state index < -0.39 is 175 Å². The van der Waals surface area contributed by atoms with Crippen molar-refractivity contribution in [2.24, 2.45) is 0 Å². The Morgan fingerprint density at radius 2 is 1.40 bits per heavy atom. The van der Waals surface area contributed by atoms with Crippen molar-refractivity contribution >= 4 is 51.4 Å². The Morgan fingerprint density at radius 3 is 2.06 bits per heavy atom. The number of cyclic esters (lactones) is 2. The molecule has 0 amide bonds. The van der Waals surface area contributed by atoms with E-state index in [-0.39, 0.29) is 22.3 Å². The average molecular weight is 904 g/mol. The van der Waals surface area contributed by atoms with Crippen LogP contribution in [0.15, 0.2) is 52.9 Å². The third kappa shape index (κ3) is 6.88. The molecule has 0 bridgehead atoms. The molecule has 336 valence electrons. The summed E-state index contributed by atoms with van der Waals surface area (Å²) in [4.78, 5) is 40.7. The van der Waals surface area contributed by atoms with Crippen molar-refractivity contribution < 1.29 is 114 Å². The molecule has 0 unspecified atom stereocenters. The van der Waals surface area contributed by atoms with Gasteiger partial charge in [0.2, 0.25) is 11.5 Å². The molecule has 15 N–H and O–H groups in total. The van der Waals surface area contributed by atoms with Crippen LogP contribution in [-0.2, 0) is 9.47 Å². The second kappa shape index (κ2) is 15.6. The summed E-state index contributed by atoms with van der Waals surface area (Å²) in [6, 6.07) is 6.74. The molecule has 3 heterocycles. The van der Waals surface area contributed by atoms with Gasteiger partial charge in [-0.1, -0.05) is 0 Å². The Hall–Kier alpha value is -8.64. The Labute approximate surface area is 359 Å². The highest BCUT2D eigenvalue weighted by atomic mass is 16.6. The van der Waals surface area contributed by atoms with Gasteiger partial charge in [0.25, 0.3) is 5.75 Å². The van der Waals surface area contributed by atoms with Gasteiger partial charge in [0.15, 0.2) is 57.9 Å². The highest BCUT2D eigenvalue weighted by Gasteiger charge is 2.42. The zero-order chi connectivity index (χ0) is 47.1. The van der Waals surface area contributed by atoms with Crippen LogP contribution in [0.2, 0.25) is 0 Å². The van der Waals surface area contributed by atoms with Crippen LogP contribution in [0.25, 0.3) is 44.6 Å². The number of fused-ring (bicyclic) bond motifs is 5. The molecular formula is C42H31O23+. The molecule has 23 nitrogen and oxygen atoms in total. The number of aromatic hydroxyl groups is 10. The number of esters is 2. The maximum Gasteiger partial charge on any atom is 0.407 e. The van der Waals surface area contributed by atoms with Gasteiger partial charge in [-0.2, -0.15) is 0 Å². The SMILES string of the molecule is O=C1OC[C@@H](O)[C@H]([C@H](O)[C@@H](O)CO)OC(=O)c2cc(OC3=C(c4ccc(O)c(O)c4)Oc4cc(O)cc5[o+]c6c(O)c(O)cc(C(=O)O)c6c3c45)c(O)c(O)c2-c2c1cc(O)c(O)c2O. The summed E-state index contributed by atoms with van der Waals surface area (Å²) in [5, 5.41) is 160. The quantitative estimate of drug-likeness (QED) is 0.0473. The monoisotopic (exact) mass is 903 g/mol. The molecule has 0 saturated heterocycles. The largest absolute Gasteiger partial charge is 0.507 e. The van der Waals surface area contributed by atoms with Gasteiger partial charge in [-0.15, -0.1) is 0 Å². The van der Waals surface area contributed by atoms with E-state index in [0.29, 0.717) is 18.2 Å². The summed E-state index contributed by atoms with van der Waals surface area (Å²) >= 11 is 0. The number of rotatable bonds is 7. The molecule has 5 aromatic carbocycles.